The summed E-state index contributed by atoms with van der Waals surface area (Å²) in [6.07, 6.45) is -4.98. The van der Waals surface area contributed by atoms with E-state index in [1.165, 1.54) is 26.0 Å². The molecule has 0 bridgehead atoms. The predicted molar refractivity (Wildman–Crippen MR) is 57.6 cm³/mol. The Labute approximate surface area is 100 Å². The van der Waals surface area contributed by atoms with Crippen molar-refractivity contribution in [2.75, 3.05) is 5.32 Å². The molecule has 0 saturated heterocycles. The molecule has 0 atom stereocenters. The van der Waals surface area contributed by atoms with Gasteiger partial charge in [0.2, 0.25) is 0 Å². The van der Waals surface area contributed by atoms with E-state index >= 15 is 0 Å². The molecular formula is C11H10F3NO3. The fourth-order valence-corrected chi connectivity index (χ4v) is 1.57. The van der Waals surface area contributed by atoms with Crippen molar-refractivity contribution in [3.8, 4) is 0 Å². The van der Waals surface area contributed by atoms with Gasteiger partial charge in [0.05, 0.1) is 5.56 Å². The molecule has 7 heteroatoms. The Kier molecular flexibility index (Phi) is 3.64. The third-order valence-corrected chi connectivity index (χ3v) is 2.26. The van der Waals surface area contributed by atoms with E-state index in [0.29, 0.717) is 0 Å². The van der Waals surface area contributed by atoms with Crippen LogP contribution in [0.5, 0.6) is 0 Å². The molecule has 0 heterocycles. The van der Waals surface area contributed by atoms with E-state index in [1.54, 1.807) is 5.32 Å². The Balaban J connectivity index is 3.08. The van der Waals surface area contributed by atoms with Crippen LogP contribution < -0.4 is 5.32 Å². The van der Waals surface area contributed by atoms with E-state index in [1.807, 2.05) is 0 Å². The lowest BCUT2D eigenvalue weighted by molar-refractivity contribution is -0.167. The Morgan fingerprint density at radius 2 is 1.61 bits per heavy atom. The van der Waals surface area contributed by atoms with Gasteiger partial charge in [0, 0.05) is 5.69 Å². The number of nitrogens with one attached hydrogen (secondary N) is 1. The Bertz CT molecular complexity index is 486. The van der Waals surface area contributed by atoms with Crippen LogP contribution in [0.15, 0.2) is 12.1 Å². The number of carbonyl (C=O) groups excluding carboxylic acids is 1. The monoisotopic (exact) mass is 261 g/mol. The van der Waals surface area contributed by atoms with Crippen molar-refractivity contribution in [3.63, 3.8) is 0 Å². The second kappa shape index (κ2) is 4.67. The Morgan fingerprint density at radius 1 is 1.17 bits per heavy atom. The van der Waals surface area contributed by atoms with Gasteiger partial charge in [-0.25, -0.2) is 4.79 Å². The SMILES string of the molecule is Cc1cc(NC(=O)C(F)(F)F)cc(C)c1C(=O)O. The van der Waals surface area contributed by atoms with Crippen LogP contribution in [0.2, 0.25) is 0 Å². The number of hydrogen-bond donors (Lipinski definition) is 2. The number of rotatable bonds is 2. The van der Waals surface area contributed by atoms with Crippen molar-refractivity contribution in [2.24, 2.45) is 0 Å². The number of alkyl halides is 3. The third-order valence-electron chi connectivity index (χ3n) is 2.26. The predicted octanol–water partition coefficient (Wildman–Crippen LogP) is 2.50. The van der Waals surface area contributed by atoms with Crippen LogP contribution in [0.1, 0.15) is 21.5 Å². The highest BCUT2D eigenvalue weighted by Crippen LogP contribution is 2.23. The summed E-state index contributed by atoms with van der Waals surface area (Å²) in [5.41, 5.74) is 0.484. The van der Waals surface area contributed by atoms with E-state index in [9.17, 15) is 22.8 Å². The zero-order valence-corrected chi connectivity index (χ0v) is 9.55. The number of carbonyl (C=O) groups is 2. The van der Waals surface area contributed by atoms with Gasteiger partial charge in [-0.2, -0.15) is 13.2 Å². The van der Waals surface area contributed by atoms with Gasteiger partial charge >= 0.3 is 18.1 Å². The average Bonchev–Trinajstić information content (AvgIpc) is 2.13. The van der Waals surface area contributed by atoms with Crippen molar-refractivity contribution in [1.29, 1.82) is 0 Å². The normalized spacial score (nSPS) is 11.2. The standard InChI is InChI=1S/C11H10F3NO3/c1-5-3-7(15-10(18)11(12,13)14)4-6(2)8(5)9(16)17/h3-4H,1-2H3,(H,15,18)(H,16,17). The van der Waals surface area contributed by atoms with E-state index in [2.05, 4.69) is 0 Å². The number of carboxylic acids is 1. The summed E-state index contributed by atoms with van der Waals surface area (Å²) < 4.78 is 36.1. The van der Waals surface area contributed by atoms with Crippen LogP contribution >= 0.6 is 0 Å². The first-order chi connectivity index (χ1) is 8.12. The summed E-state index contributed by atoms with van der Waals surface area (Å²) in [5, 5.41) is 10.6. The molecule has 0 aliphatic carbocycles. The minimum atomic E-state index is -4.98. The van der Waals surface area contributed by atoms with Gasteiger partial charge in [-0.1, -0.05) is 0 Å². The molecule has 0 aliphatic rings. The number of carboxylic acid groups (broad SMARTS) is 1. The number of aryl methyl sites for hydroxylation is 2. The topological polar surface area (TPSA) is 66.4 Å². The highest BCUT2D eigenvalue weighted by Gasteiger charge is 2.38. The molecule has 2 N–H and O–H groups in total. The largest absolute Gasteiger partial charge is 0.478 e. The van der Waals surface area contributed by atoms with Crippen LogP contribution in [0, 0.1) is 13.8 Å². The molecule has 0 saturated carbocycles. The van der Waals surface area contributed by atoms with Gasteiger partial charge in [-0.3, -0.25) is 4.79 Å². The highest BCUT2D eigenvalue weighted by molar-refractivity contribution is 5.97. The quantitative estimate of drug-likeness (QED) is 0.859. The molecule has 0 fully saturated rings. The van der Waals surface area contributed by atoms with Gasteiger partial charge in [0.25, 0.3) is 0 Å². The second-order valence-electron chi connectivity index (χ2n) is 3.74. The first-order valence-electron chi connectivity index (χ1n) is 4.85. The fraction of sp³-hybridized carbons (Fsp3) is 0.273. The minimum absolute atomic E-state index is 0.0139. The van der Waals surface area contributed by atoms with Crippen LogP contribution in [-0.4, -0.2) is 23.2 Å². The van der Waals surface area contributed by atoms with Gasteiger partial charge < -0.3 is 10.4 Å². The number of amides is 1. The number of aromatic carboxylic acids is 1. The van der Waals surface area contributed by atoms with Gasteiger partial charge in [0.15, 0.2) is 0 Å². The molecule has 0 spiro atoms. The number of halogens is 3. The first kappa shape index (κ1) is 14.0. The summed E-state index contributed by atoms with van der Waals surface area (Å²) in [7, 11) is 0. The molecule has 98 valence electrons. The van der Waals surface area contributed by atoms with Crippen molar-refractivity contribution in [3.05, 3.63) is 28.8 Å². The summed E-state index contributed by atoms with van der Waals surface area (Å²) in [5.74, 6) is -3.26. The maximum absolute atomic E-state index is 12.0. The summed E-state index contributed by atoms with van der Waals surface area (Å²) >= 11 is 0. The Morgan fingerprint density at radius 3 is 1.94 bits per heavy atom. The van der Waals surface area contributed by atoms with E-state index in [4.69, 9.17) is 5.11 Å². The van der Waals surface area contributed by atoms with Crippen LogP contribution in [0.3, 0.4) is 0 Å². The maximum atomic E-state index is 12.0. The summed E-state index contributed by atoms with van der Waals surface area (Å²) in [6, 6.07) is 2.36. The van der Waals surface area contributed by atoms with Crippen LogP contribution in [-0.2, 0) is 4.79 Å². The van der Waals surface area contributed by atoms with Crippen LogP contribution in [0.25, 0.3) is 0 Å². The smallest absolute Gasteiger partial charge is 0.471 e. The van der Waals surface area contributed by atoms with Gasteiger partial charge in [-0.05, 0) is 37.1 Å². The lowest BCUT2D eigenvalue weighted by Gasteiger charge is -2.11. The van der Waals surface area contributed by atoms with Crippen molar-refractivity contribution >= 4 is 17.6 Å². The number of anilines is 1. The number of hydrogen-bond acceptors (Lipinski definition) is 2. The van der Waals surface area contributed by atoms with E-state index in [-0.39, 0.29) is 22.4 Å². The molecule has 1 amide bonds. The average molecular weight is 261 g/mol. The Hall–Kier alpha value is -2.05. The molecule has 4 nitrogen and oxygen atoms in total. The molecule has 1 rings (SSSR count). The molecule has 18 heavy (non-hydrogen) atoms. The fourth-order valence-electron chi connectivity index (χ4n) is 1.57. The molecule has 0 radical (unpaired) electrons. The van der Waals surface area contributed by atoms with Crippen LogP contribution in [0.4, 0.5) is 18.9 Å². The zero-order chi connectivity index (χ0) is 14.1. The van der Waals surface area contributed by atoms with Crippen molar-refractivity contribution in [1.82, 2.24) is 0 Å². The van der Waals surface area contributed by atoms with Gasteiger partial charge in [0.1, 0.15) is 0 Å². The minimum Gasteiger partial charge on any atom is -0.478 e. The molecule has 1 aromatic rings. The maximum Gasteiger partial charge on any atom is 0.471 e. The highest BCUT2D eigenvalue weighted by atomic mass is 19.4. The second-order valence-corrected chi connectivity index (χ2v) is 3.74. The molecule has 0 aliphatic heterocycles. The van der Waals surface area contributed by atoms with Crippen molar-refractivity contribution < 1.29 is 27.9 Å². The summed E-state index contributed by atoms with van der Waals surface area (Å²) in [6.45, 7) is 2.89. The lowest BCUT2D eigenvalue weighted by atomic mass is 10.0. The zero-order valence-electron chi connectivity index (χ0n) is 9.55. The van der Waals surface area contributed by atoms with Crippen molar-refractivity contribution in [2.45, 2.75) is 20.0 Å². The number of benzene rings is 1. The molecular weight excluding hydrogens is 251 g/mol. The van der Waals surface area contributed by atoms with Gasteiger partial charge in [-0.15, -0.1) is 0 Å². The lowest BCUT2D eigenvalue weighted by Crippen LogP contribution is -2.30. The molecule has 0 unspecified atom stereocenters. The first-order valence-corrected chi connectivity index (χ1v) is 4.85. The summed E-state index contributed by atoms with van der Waals surface area (Å²) in [4.78, 5) is 21.6. The van der Waals surface area contributed by atoms with E-state index < -0.39 is 18.1 Å². The molecule has 1 aromatic carbocycles. The molecule has 0 aromatic heterocycles. The van der Waals surface area contributed by atoms with E-state index in [0.717, 1.165) is 0 Å². The third kappa shape index (κ3) is 2.99.